The summed E-state index contributed by atoms with van der Waals surface area (Å²) in [5, 5.41) is 0. The van der Waals surface area contributed by atoms with Crippen LogP contribution in [0.15, 0.2) is 48.5 Å². The molecule has 0 aromatic heterocycles. The van der Waals surface area contributed by atoms with Crippen LogP contribution in [0.5, 0.6) is 11.5 Å². The van der Waals surface area contributed by atoms with Crippen molar-refractivity contribution >= 4 is 17.7 Å². The van der Waals surface area contributed by atoms with E-state index >= 15 is 0 Å². The number of hydrogen-bond acceptors (Lipinski definition) is 4. The first-order valence-electron chi connectivity index (χ1n) is 10.8. The van der Waals surface area contributed by atoms with Crippen molar-refractivity contribution in [1.82, 2.24) is 4.90 Å². The van der Waals surface area contributed by atoms with Crippen LogP contribution in [0.4, 0.5) is 10.1 Å². The maximum absolute atomic E-state index is 14.0. The van der Waals surface area contributed by atoms with E-state index in [1.807, 2.05) is 36.1 Å². The maximum atomic E-state index is 14.0. The average molecular weight is 427 g/mol. The number of nitrogens with zero attached hydrogens (tertiary/aromatic N) is 2. The Balaban J connectivity index is 1.59. The summed E-state index contributed by atoms with van der Waals surface area (Å²) in [5.41, 5.74) is 1.46. The van der Waals surface area contributed by atoms with Crippen molar-refractivity contribution in [3.63, 3.8) is 0 Å². The molecule has 0 aliphatic carbocycles. The minimum atomic E-state index is -0.229. The molecule has 1 heterocycles. The number of hydrogen-bond donors (Lipinski definition) is 0. The Morgan fingerprint density at radius 3 is 2.48 bits per heavy atom. The SMILES string of the molecule is CCOc1cc(C=CC(=O)N2CCN(c3ccccc3F)CC2)ccc1OCC(C)C. The molecule has 0 atom stereocenters. The van der Waals surface area contributed by atoms with Gasteiger partial charge in [0.2, 0.25) is 5.91 Å². The molecule has 0 saturated carbocycles. The number of rotatable bonds is 8. The zero-order chi connectivity index (χ0) is 22.2. The fourth-order valence-electron chi connectivity index (χ4n) is 3.42. The van der Waals surface area contributed by atoms with Gasteiger partial charge in [0.15, 0.2) is 11.5 Å². The molecule has 1 fully saturated rings. The Labute approximate surface area is 184 Å². The van der Waals surface area contributed by atoms with Crippen LogP contribution in [0.3, 0.4) is 0 Å². The van der Waals surface area contributed by atoms with Crippen LogP contribution in [0, 0.1) is 11.7 Å². The molecule has 1 aliphatic rings. The van der Waals surface area contributed by atoms with Gasteiger partial charge in [0.25, 0.3) is 0 Å². The molecule has 3 rings (SSSR count). The minimum absolute atomic E-state index is 0.0497. The highest BCUT2D eigenvalue weighted by Gasteiger charge is 2.21. The molecule has 1 aliphatic heterocycles. The van der Waals surface area contributed by atoms with Gasteiger partial charge in [0.05, 0.1) is 18.9 Å². The smallest absolute Gasteiger partial charge is 0.246 e. The summed E-state index contributed by atoms with van der Waals surface area (Å²) < 4.78 is 25.5. The molecule has 2 aromatic rings. The third kappa shape index (κ3) is 6.23. The number of amides is 1. The van der Waals surface area contributed by atoms with Gasteiger partial charge in [-0.3, -0.25) is 4.79 Å². The summed E-state index contributed by atoms with van der Waals surface area (Å²) >= 11 is 0. The van der Waals surface area contributed by atoms with Crippen molar-refractivity contribution in [2.75, 3.05) is 44.3 Å². The average Bonchev–Trinajstić information content (AvgIpc) is 2.77. The van der Waals surface area contributed by atoms with Gasteiger partial charge in [-0.2, -0.15) is 0 Å². The van der Waals surface area contributed by atoms with Crippen molar-refractivity contribution in [2.45, 2.75) is 20.8 Å². The fourth-order valence-corrected chi connectivity index (χ4v) is 3.42. The standard InChI is InChI=1S/C25H31FN2O3/c1-4-30-24-17-20(9-11-23(24)31-18-19(2)3)10-12-25(29)28-15-13-27(14-16-28)22-8-6-5-7-21(22)26/h5-12,17,19H,4,13-16,18H2,1-3H3. The first-order chi connectivity index (χ1) is 15.0. The summed E-state index contributed by atoms with van der Waals surface area (Å²) in [6.07, 6.45) is 3.37. The number of halogens is 1. The molecule has 166 valence electrons. The largest absolute Gasteiger partial charge is 0.490 e. The van der Waals surface area contributed by atoms with E-state index in [4.69, 9.17) is 9.47 Å². The van der Waals surface area contributed by atoms with Crippen molar-refractivity contribution in [2.24, 2.45) is 5.92 Å². The number of piperazine rings is 1. The van der Waals surface area contributed by atoms with Gasteiger partial charge in [-0.1, -0.05) is 32.0 Å². The van der Waals surface area contributed by atoms with Gasteiger partial charge < -0.3 is 19.3 Å². The van der Waals surface area contributed by atoms with Crippen LogP contribution >= 0.6 is 0 Å². The molecule has 0 N–H and O–H groups in total. The molecule has 5 nitrogen and oxygen atoms in total. The molecular formula is C25H31FN2O3. The van der Waals surface area contributed by atoms with E-state index in [9.17, 15) is 9.18 Å². The van der Waals surface area contributed by atoms with Gasteiger partial charge in [-0.15, -0.1) is 0 Å². The van der Waals surface area contributed by atoms with Gasteiger partial charge in [-0.05, 0) is 48.7 Å². The number of ether oxygens (including phenoxy) is 2. The van der Waals surface area contributed by atoms with E-state index in [0.29, 0.717) is 62.5 Å². The zero-order valence-electron chi connectivity index (χ0n) is 18.5. The van der Waals surface area contributed by atoms with Crippen LogP contribution in [-0.4, -0.2) is 50.2 Å². The second-order valence-electron chi connectivity index (χ2n) is 7.94. The summed E-state index contributed by atoms with van der Waals surface area (Å²) in [6.45, 7) is 9.61. The van der Waals surface area contributed by atoms with Crippen molar-refractivity contribution < 1.29 is 18.7 Å². The highest BCUT2D eigenvalue weighted by atomic mass is 19.1. The topological polar surface area (TPSA) is 42.0 Å². The number of carbonyl (C=O) groups excluding carboxylic acids is 1. The lowest BCUT2D eigenvalue weighted by atomic mass is 10.1. The number of carbonyl (C=O) groups is 1. The normalized spacial score (nSPS) is 14.4. The predicted molar refractivity (Wildman–Crippen MR) is 122 cm³/mol. The summed E-state index contributed by atoms with van der Waals surface area (Å²) in [5.74, 6) is 1.53. The molecule has 1 amide bonds. The Morgan fingerprint density at radius 2 is 1.81 bits per heavy atom. The lowest BCUT2D eigenvalue weighted by Gasteiger charge is -2.35. The van der Waals surface area contributed by atoms with Gasteiger partial charge in [0.1, 0.15) is 5.82 Å². The first kappa shape index (κ1) is 22.7. The molecular weight excluding hydrogens is 395 g/mol. The number of benzene rings is 2. The van der Waals surface area contributed by atoms with Crippen LogP contribution < -0.4 is 14.4 Å². The molecule has 6 heteroatoms. The molecule has 2 aromatic carbocycles. The fraction of sp³-hybridized carbons (Fsp3) is 0.400. The van der Waals surface area contributed by atoms with E-state index in [1.54, 1.807) is 29.2 Å². The Hall–Kier alpha value is -3.02. The lowest BCUT2D eigenvalue weighted by Crippen LogP contribution is -2.48. The second-order valence-corrected chi connectivity index (χ2v) is 7.94. The molecule has 31 heavy (non-hydrogen) atoms. The highest BCUT2D eigenvalue weighted by molar-refractivity contribution is 5.92. The van der Waals surface area contributed by atoms with Crippen LogP contribution in [0.1, 0.15) is 26.3 Å². The van der Waals surface area contributed by atoms with Crippen molar-refractivity contribution in [3.8, 4) is 11.5 Å². The Bertz CT molecular complexity index is 905. The number of anilines is 1. The maximum Gasteiger partial charge on any atom is 0.246 e. The van der Waals surface area contributed by atoms with Gasteiger partial charge >= 0.3 is 0 Å². The van der Waals surface area contributed by atoms with Gasteiger partial charge in [0, 0.05) is 32.3 Å². The van der Waals surface area contributed by atoms with Crippen LogP contribution in [0.2, 0.25) is 0 Å². The summed E-state index contributed by atoms with van der Waals surface area (Å²) in [4.78, 5) is 16.4. The van der Waals surface area contributed by atoms with Gasteiger partial charge in [-0.25, -0.2) is 4.39 Å². The van der Waals surface area contributed by atoms with E-state index in [-0.39, 0.29) is 11.7 Å². The first-order valence-corrected chi connectivity index (χ1v) is 10.8. The Morgan fingerprint density at radius 1 is 1.06 bits per heavy atom. The van der Waals surface area contributed by atoms with Crippen molar-refractivity contribution in [1.29, 1.82) is 0 Å². The second kappa shape index (κ2) is 10.8. The monoisotopic (exact) mass is 426 g/mol. The van der Waals surface area contributed by atoms with E-state index in [1.165, 1.54) is 6.07 Å². The minimum Gasteiger partial charge on any atom is -0.490 e. The van der Waals surface area contributed by atoms with Crippen molar-refractivity contribution in [3.05, 3.63) is 59.9 Å². The highest BCUT2D eigenvalue weighted by Crippen LogP contribution is 2.29. The predicted octanol–water partition coefficient (Wildman–Crippen LogP) is 4.62. The Kier molecular flexibility index (Phi) is 7.93. The summed E-state index contributed by atoms with van der Waals surface area (Å²) in [6, 6.07) is 12.4. The molecule has 0 radical (unpaired) electrons. The molecule has 0 bridgehead atoms. The van der Waals surface area contributed by atoms with Crippen LogP contribution in [-0.2, 0) is 4.79 Å². The molecule has 0 spiro atoms. The lowest BCUT2D eigenvalue weighted by molar-refractivity contribution is -0.126. The van der Waals surface area contributed by atoms with E-state index in [2.05, 4.69) is 13.8 Å². The third-order valence-electron chi connectivity index (χ3n) is 5.04. The summed E-state index contributed by atoms with van der Waals surface area (Å²) in [7, 11) is 0. The van der Waals surface area contributed by atoms with E-state index < -0.39 is 0 Å². The number of para-hydroxylation sites is 1. The molecule has 1 saturated heterocycles. The quantitative estimate of drug-likeness (QED) is 0.578. The molecule has 0 unspecified atom stereocenters. The zero-order valence-corrected chi connectivity index (χ0v) is 18.5. The van der Waals surface area contributed by atoms with Crippen LogP contribution in [0.25, 0.3) is 6.08 Å². The third-order valence-corrected chi connectivity index (χ3v) is 5.04. The van der Waals surface area contributed by atoms with E-state index in [0.717, 1.165) is 5.56 Å².